The van der Waals surface area contributed by atoms with E-state index < -0.39 is 0 Å². The van der Waals surface area contributed by atoms with Crippen LogP contribution in [0.5, 0.6) is 11.5 Å². The third-order valence-corrected chi connectivity index (χ3v) is 3.86. The molecule has 0 spiro atoms. The third-order valence-electron chi connectivity index (χ3n) is 3.58. The summed E-state index contributed by atoms with van der Waals surface area (Å²) in [6.07, 6.45) is 2.01. The van der Waals surface area contributed by atoms with Crippen LogP contribution in [-0.2, 0) is 16.1 Å². The first kappa shape index (κ1) is 20.5. The van der Waals surface area contributed by atoms with E-state index in [-0.39, 0.29) is 18.3 Å². The van der Waals surface area contributed by atoms with E-state index in [1.54, 1.807) is 24.3 Å². The van der Waals surface area contributed by atoms with E-state index in [9.17, 15) is 9.18 Å². The van der Waals surface area contributed by atoms with Crippen molar-refractivity contribution in [2.45, 2.75) is 6.42 Å². The summed E-state index contributed by atoms with van der Waals surface area (Å²) in [5, 5.41) is 6.82. The average molecular weight is 395 g/mol. The number of nitrogens with zero attached hydrogens (tertiary/aromatic N) is 1. The maximum Gasteiger partial charge on any atom is 0.260 e. The van der Waals surface area contributed by atoms with Crippen molar-refractivity contribution in [2.75, 3.05) is 27.4 Å². The number of benzene rings is 2. The highest BCUT2D eigenvalue weighted by molar-refractivity contribution is 6.32. The maximum absolute atomic E-state index is 12.8. The molecule has 0 bridgehead atoms. The molecule has 2 aromatic rings. The molecule has 2 rings (SSSR count). The number of hydrogen-bond donors (Lipinski definition) is 1. The van der Waals surface area contributed by atoms with E-state index in [0.29, 0.717) is 35.1 Å². The fourth-order valence-electron chi connectivity index (χ4n) is 2.25. The van der Waals surface area contributed by atoms with E-state index in [2.05, 4.69) is 10.5 Å². The van der Waals surface area contributed by atoms with Crippen molar-refractivity contribution in [1.29, 1.82) is 0 Å². The SMILES string of the molecule is COc1cc(/C=N/OCC(=O)NCCc2ccc(F)cc2)cc(Cl)c1OC. The summed E-state index contributed by atoms with van der Waals surface area (Å²) in [6.45, 7) is 0.198. The van der Waals surface area contributed by atoms with Gasteiger partial charge >= 0.3 is 0 Å². The van der Waals surface area contributed by atoms with E-state index in [0.717, 1.165) is 5.56 Å². The van der Waals surface area contributed by atoms with Gasteiger partial charge in [-0.25, -0.2) is 4.39 Å². The van der Waals surface area contributed by atoms with E-state index in [1.165, 1.54) is 32.6 Å². The zero-order valence-electron chi connectivity index (χ0n) is 15.0. The van der Waals surface area contributed by atoms with Crippen LogP contribution in [0, 0.1) is 5.82 Å². The van der Waals surface area contributed by atoms with Gasteiger partial charge in [-0.15, -0.1) is 0 Å². The van der Waals surface area contributed by atoms with Crippen molar-refractivity contribution < 1.29 is 23.5 Å². The lowest BCUT2D eigenvalue weighted by Gasteiger charge is -2.09. The lowest BCUT2D eigenvalue weighted by Crippen LogP contribution is -2.28. The summed E-state index contributed by atoms with van der Waals surface area (Å²) in [4.78, 5) is 16.7. The van der Waals surface area contributed by atoms with Crippen LogP contribution in [0.3, 0.4) is 0 Å². The Morgan fingerprint density at radius 3 is 2.63 bits per heavy atom. The monoisotopic (exact) mass is 394 g/mol. The Bertz CT molecular complexity index is 797. The second-order valence-corrected chi connectivity index (χ2v) is 5.88. The molecule has 144 valence electrons. The Balaban J connectivity index is 1.75. The first-order chi connectivity index (χ1) is 13.0. The fraction of sp³-hybridized carbons (Fsp3) is 0.263. The van der Waals surface area contributed by atoms with E-state index in [1.807, 2.05) is 0 Å². The molecule has 0 aromatic heterocycles. The number of hydrogen-bond acceptors (Lipinski definition) is 5. The van der Waals surface area contributed by atoms with Crippen molar-refractivity contribution in [3.8, 4) is 11.5 Å². The molecule has 1 amide bonds. The zero-order chi connectivity index (χ0) is 19.6. The smallest absolute Gasteiger partial charge is 0.260 e. The summed E-state index contributed by atoms with van der Waals surface area (Å²) in [7, 11) is 3.00. The number of nitrogens with one attached hydrogen (secondary N) is 1. The lowest BCUT2D eigenvalue weighted by atomic mass is 10.1. The second kappa shape index (κ2) is 10.4. The summed E-state index contributed by atoms with van der Waals surface area (Å²) in [6, 6.07) is 9.44. The quantitative estimate of drug-likeness (QED) is 0.524. The van der Waals surface area contributed by atoms with Gasteiger partial charge in [-0.05, 0) is 36.2 Å². The number of ether oxygens (including phenoxy) is 2. The highest BCUT2D eigenvalue weighted by Gasteiger charge is 2.10. The highest BCUT2D eigenvalue weighted by Crippen LogP contribution is 2.35. The molecular formula is C19H20ClFN2O4. The normalized spacial score (nSPS) is 10.7. The van der Waals surface area contributed by atoms with Crippen LogP contribution in [-0.4, -0.2) is 39.5 Å². The number of methoxy groups -OCH3 is 2. The van der Waals surface area contributed by atoms with Gasteiger partial charge in [-0.1, -0.05) is 28.9 Å². The van der Waals surface area contributed by atoms with Crippen molar-refractivity contribution >= 4 is 23.7 Å². The molecule has 27 heavy (non-hydrogen) atoms. The number of amides is 1. The van der Waals surface area contributed by atoms with Crippen molar-refractivity contribution in [3.05, 3.63) is 58.4 Å². The molecule has 2 aromatic carbocycles. The molecule has 0 aliphatic carbocycles. The number of halogens is 2. The highest BCUT2D eigenvalue weighted by atomic mass is 35.5. The Labute approximate surface area is 161 Å². The Morgan fingerprint density at radius 2 is 1.96 bits per heavy atom. The fourth-order valence-corrected chi connectivity index (χ4v) is 2.55. The largest absolute Gasteiger partial charge is 0.493 e. The minimum absolute atomic E-state index is 0.221. The van der Waals surface area contributed by atoms with Gasteiger partial charge in [0.1, 0.15) is 5.82 Å². The van der Waals surface area contributed by atoms with Gasteiger partial charge in [0, 0.05) is 12.1 Å². The van der Waals surface area contributed by atoms with Crippen LogP contribution in [0.25, 0.3) is 0 Å². The van der Waals surface area contributed by atoms with Gasteiger partial charge < -0.3 is 19.6 Å². The van der Waals surface area contributed by atoms with Crippen molar-refractivity contribution in [3.63, 3.8) is 0 Å². The van der Waals surface area contributed by atoms with Crippen molar-refractivity contribution in [2.24, 2.45) is 5.16 Å². The third kappa shape index (κ3) is 6.45. The predicted molar refractivity (Wildman–Crippen MR) is 101 cm³/mol. The number of carbonyl (C=O) groups excluding carboxylic acids is 1. The number of oxime groups is 1. The zero-order valence-corrected chi connectivity index (χ0v) is 15.8. The number of rotatable bonds is 9. The first-order valence-electron chi connectivity index (χ1n) is 8.11. The average Bonchev–Trinajstić information content (AvgIpc) is 2.66. The molecule has 0 fully saturated rings. The molecule has 0 aliphatic heterocycles. The van der Waals surface area contributed by atoms with Crippen LogP contribution in [0.4, 0.5) is 4.39 Å². The minimum atomic E-state index is -0.306. The Hall–Kier alpha value is -2.80. The van der Waals surface area contributed by atoms with Crippen LogP contribution in [0.2, 0.25) is 5.02 Å². The first-order valence-corrected chi connectivity index (χ1v) is 8.49. The predicted octanol–water partition coefficient (Wildman–Crippen LogP) is 3.21. The van der Waals surface area contributed by atoms with Gasteiger partial charge in [0.15, 0.2) is 18.1 Å². The molecule has 8 heteroatoms. The Morgan fingerprint density at radius 1 is 1.22 bits per heavy atom. The second-order valence-electron chi connectivity index (χ2n) is 5.47. The summed E-state index contributed by atoms with van der Waals surface area (Å²) < 4.78 is 23.2. The van der Waals surface area contributed by atoms with Gasteiger partial charge in [0.25, 0.3) is 5.91 Å². The minimum Gasteiger partial charge on any atom is -0.493 e. The van der Waals surface area contributed by atoms with Crippen LogP contribution in [0.1, 0.15) is 11.1 Å². The molecule has 0 saturated heterocycles. The van der Waals surface area contributed by atoms with Gasteiger partial charge in [0.05, 0.1) is 25.5 Å². The van der Waals surface area contributed by atoms with Gasteiger partial charge in [-0.2, -0.15) is 0 Å². The van der Waals surface area contributed by atoms with Crippen molar-refractivity contribution in [1.82, 2.24) is 5.32 Å². The summed E-state index contributed by atoms with van der Waals surface area (Å²) in [5.41, 5.74) is 1.57. The molecule has 6 nitrogen and oxygen atoms in total. The van der Waals surface area contributed by atoms with E-state index >= 15 is 0 Å². The molecule has 0 unspecified atom stereocenters. The van der Waals surface area contributed by atoms with Crippen LogP contribution < -0.4 is 14.8 Å². The topological polar surface area (TPSA) is 69.2 Å². The van der Waals surface area contributed by atoms with Crippen LogP contribution >= 0.6 is 11.6 Å². The molecule has 0 heterocycles. The number of carbonyl (C=O) groups is 1. The molecule has 0 saturated carbocycles. The van der Waals surface area contributed by atoms with Gasteiger partial charge in [0.2, 0.25) is 0 Å². The molecule has 1 N–H and O–H groups in total. The van der Waals surface area contributed by atoms with E-state index in [4.69, 9.17) is 25.9 Å². The standard InChI is InChI=1S/C19H20ClFN2O4/c1-25-17-10-14(9-16(20)19(17)26-2)11-23-27-12-18(24)22-8-7-13-3-5-15(21)6-4-13/h3-6,9-11H,7-8,12H2,1-2H3,(H,22,24)/b23-11+. The molecule has 0 atom stereocenters. The summed E-state index contributed by atoms with van der Waals surface area (Å²) >= 11 is 6.10. The molecule has 0 radical (unpaired) electrons. The van der Waals surface area contributed by atoms with Crippen LogP contribution in [0.15, 0.2) is 41.6 Å². The molecule has 0 aliphatic rings. The van der Waals surface area contributed by atoms with Gasteiger partial charge in [-0.3, -0.25) is 4.79 Å². The summed E-state index contributed by atoms with van der Waals surface area (Å²) in [5.74, 6) is 0.298. The molecular weight excluding hydrogens is 375 g/mol. The Kier molecular flexibility index (Phi) is 7.88. The lowest BCUT2D eigenvalue weighted by molar-refractivity contribution is -0.125. The maximum atomic E-state index is 12.8.